The van der Waals surface area contributed by atoms with Crippen molar-refractivity contribution in [3.63, 3.8) is 0 Å². The Balaban J connectivity index is 2.19. The lowest BCUT2D eigenvalue weighted by Crippen LogP contribution is -1.84. The quantitative estimate of drug-likeness (QED) is 0.440. The molecule has 0 aromatic carbocycles. The Bertz CT molecular complexity index is 169. The first-order valence-corrected chi connectivity index (χ1v) is 3.14. The van der Waals surface area contributed by atoms with E-state index in [-0.39, 0.29) is 0 Å². The number of epoxide rings is 1. The van der Waals surface area contributed by atoms with Crippen molar-refractivity contribution in [2.75, 3.05) is 0 Å². The molecule has 1 heteroatoms. The monoisotopic (exact) mass is 120 g/mol. The molecule has 1 fully saturated rings. The van der Waals surface area contributed by atoms with Gasteiger partial charge < -0.3 is 4.74 Å². The second-order valence-corrected chi connectivity index (χ2v) is 2.22. The van der Waals surface area contributed by atoms with Crippen LogP contribution in [0.5, 0.6) is 0 Å². The van der Waals surface area contributed by atoms with Crippen LogP contribution in [-0.4, -0.2) is 12.2 Å². The molecule has 1 aliphatic heterocycles. The highest BCUT2D eigenvalue weighted by atomic mass is 16.6. The van der Waals surface area contributed by atoms with Crippen LogP contribution in [0.4, 0.5) is 0 Å². The molecule has 2 aliphatic rings. The lowest BCUT2D eigenvalue weighted by molar-refractivity contribution is 0.413. The van der Waals surface area contributed by atoms with Crippen LogP contribution in [-0.2, 0) is 4.74 Å². The van der Waals surface area contributed by atoms with Crippen LogP contribution < -0.4 is 0 Å². The van der Waals surface area contributed by atoms with Crippen molar-refractivity contribution in [3.05, 3.63) is 36.5 Å². The van der Waals surface area contributed by atoms with Gasteiger partial charge in [-0.25, -0.2) is 0 Å². The lowest BCUT2D eigenvalue weighted by Gasteiger charge is -1.80. The molecule has 0 aromatic heterocycles. The first-order chi connectivity index (χ1) is 4.47. The molecule has 0 amide bonds. The summed E-state index contributed by atoms with van der Waals surface area (Å²) < 4.78 is 5.22. The first kappa shape index (κ1) is 5.00. The minimum atomic E-state index is 0.367. The van der Waals surface area contributed by atoms with E-state index in [1.807, 2.05) is 24.3 Å². The topological polar surface area (TPSA) is 12.5 Å². The third-order valence-electron chi connectivity index (χ3n) is 1.50. The van der Waals surface area contributed by atoms with Gasteiger partial charge in [-0.05, 0) is 0 Å². The summed E-state index contributed by atoms with van der Waals surface area (Å²) in [7, 11) is 0. The van der Waals surface area contributed by atoms with Crippen molar-refractivity contribution in [1.29, 1.82) is 0 Å². The summed E-state index contributed by atoms with van der Waals surface area (Å²) in [5, 5.41) is 0. The number of fused-ring (bicyclic) bond motifs is 1. The van der Waals surface area contributed by atoms with Gasteiger partial charge in [-0.1, -0.05) is 36.5 Å². The summed E-state index contributed by atoms with van der Waals surface area (Å²) in [5.74, 6) is 0. The average Bonchev–Trinajstić information content (AvgIpc) is 2.46. The van der Waals surface area contributed by atoms with Crippen LogP contribution in [0.15, 0.2) is 36.5 Å². The van der Waals surface area contributed by atoms with Crippen molar-refractivity contribution < 1.29 is 4.74 Å². The number of hydrogen-bond acceptors (Lipinski definition) is 1. The van der Waals surface area contributed by atoms with Gasteiger partial charge in [-0.3, -0.25) is 0 Å². The molecule has 0 bridgehead atoms. The number of hydrogen-bond donors (Lipinski definition) is 0. The van der Waals surface area contributed by atoms with Crippen molar-refractivity contribution >= 4 is 0 Å². The van der Waals surface area contributed by atoms with Gasteiger partial charge in [0, 0.05) is 0 Å². The molecule has 1 heterocycles. The van der Waals surface area contributed by atoms with E-state index in [4.69, 9.17) is 4.74 Å². The Hall–Kier alpha value is -0.820. The van der Waals surface area contributed by atoms with Gasteiger partial charge in [0.1, 0.15) is 12.2 Å². The highest BCUT2D eigenvalue weighted by Gasteiger charge is 2.33. The van der Waals surface area contributed by atoms with Crippen LogP contribution in [0.2, 0.25) is 0 Å². The summed E-state index contributed by atoms with van der Waals surface area (Å²) in [5.41, 5.74) is 0. The Kier molecular flexibility index (Phi) is 1.03. The van der Waals surface area contributed by atoms with E-state index in [9.17, 15) is 0 Å². The average molecular weight is 120 g/mol. The molecule has 2 rings (SSSR count). The van der Waals surface area contributed by atoms with Crippen LogP contribution in [0.1, 0.15) is 0 Å². The molecular weight excluding hydrogens is 112 g/mol. The number of ether oxygens (including phenoxy) is 1. The molecule has 46 valence electrons. The third-order valence-corrected chi connectivity index (χ3v) is 1.50. The van der Waals surface area contributed by atoms with E-state index in [0.717, 1.165) is 0 Å². The van der Waals surface area contributed by atoms with Gasteiger partial charge in [-0.2, -0.15) is 0 Å². The van der Waals surface area contributed by atoms with Gasteiger partial charge in [0.2, 0.25) is 0 Å². The van der Waals surface area contributed by atoms with Crippen molar-refractivity contribution in [2.45, 2.75) is 12.2 Å². The predicted molar refractivity (Wildman–Crippen MR) is 36.1 cm³/mol. The summed E-state index contributed by atoms with van der Waals surface area (Å²) in [6, 6.07) is 0. The van der Waals surface area contributed by atoms with Gasteiger partial charge >= 0.3 is 0 Å². The molecule has 0 unspecified atom stereocenters. The molecule has 0 radical (unpaired) electrons. The largest absolute Gasteiger partial charge is 0.361 e. The van der Waals surface area contributed by atoms with Gasteiger partial charge in [0.15, 0.2) is 0 Å². The molecule has 9 heavy (non-hydrogen) atoms. The fourth-order valence-corrected chi connectivity index (χ4v) is 0.921. The van der Waals surface area contributed by atoms with Crippen LogP contribution in [0.25, 0.3) is 0 Å². The van der Waals surface area contributed by atoms with E-state index in [0.29, 0.717) is 12.2 Å². The third kappa shape index (κ3) is 0.958. The second kappa shape index (κ2) is 1.85. The maximum Gasteiger partial charge on any atom is 0.107 e. The van der Waals surface area contributed by atoms with E-state index < -0.39 is 0 Å². The Morgan fingerprint density at radius 2 is 1.33 bits per heavy atom. The smallest absolute Gasteiger partial charge is 0.107 e. The molecule has 1 saturated heterocycles. The Morgan fingerprint density at radius 1 is 0.778 bits per heavy atom. The summed E-state index contributed by atoms with van der Waals surface area (Å²) in [4.78, 5) is 0. The number of allylic oxidation sites excluding steroid dienone is 4. The van der Waals surface area contributed by atoms with E-state index in [1.54, 1.807) is 0 Å². The maximum atomic E-state index is 5.22. The minimum absolute atomic E-state index is 0.367. The van der Waals surface area contributed by atoms with Crippen LogP contribution >= 0.6 is 0 Å². The van der Waals surface area contributed by atoms with Crippen molar-refractivity contribution in [1.82, 2.24) is 0 Å². The molecule has 1 aliphatic carbocycles. The molecule has 0 aromatic rings. The lowest BCUT2D eigenvalue weighted by atomic mass is 10.2. The molecule has 2 atom stereocenters. The van der Waals surface area contributed by atoms with E-state index >= 15 is 0 Å². The van der Waals surface area contributed by atoms with E-state index in [2.05, 4.69) is 12.2 Å². The first-order valence-electron chi connectivity index (χ1n) is 3.14. The number of rotatable bonds is 0. The summed E-state index contributed by atoms with van der Waals surface area (Å²) in [6.07, 6.45) is 12.9. The zero-order chi connectivity index (χ0) is 6.10. The van der Waals surface area contributed by atoms with Crippen molar-refractivity contribution in [2.24, 2.45) is 0 Å². The Labute approximate surface area is 54.3 Å². The normalized spacial score (nSPS) is 48.0. The van der Waals surface area contributed by atoms with Gasteiger partial charge in [0.05, 0.1) is 0 Å². The fraction of sp³-hybridized carbons (Fsp3) is 0.250. The Morgan fingerprint density at radius 3 is 1.89 bits per heavy atom. The maximum absolute atomic E-state index is 5.22. The summed E-state index contributed by atoms with van der Waals surface area (Å²) in [6.45, 7) is 0. The summed E-state index contributed by atoms with van der Waals surface area (Å²) >= 11 is 0. The molecule has 1 nitrogen and oxygen atoms in total. The molecular formula is C8H8O. The molecule has 0 N–H and O–H groups in total. The highest BCUT2D eigenvalue weighted by Crippen LogP contribution is 2.25. The van der Waals surface area contributed by atoms with E-state index in [1.165, 1.54) is 0 Å². The predicted octanol–water partition coefficient (Wildman–Crippen LogP) is 1.44. The van der Waals surface area contributed by atoms with Gasteiger partial charge in [-0.15, -0.1) is 0 Å². The molecule has 0 saturated carbocycles. The second-order valence-electron chi connectivity index (χ2n) is 2.22. The fourth-order valence-electron chi connectivity index (χ4n) is 0.921. The SMILES string of the molecule is C1=C\C=C/[C@H]2O[C@H]2\C=C/1. The highest BCUT2D eigenvalue weighted by molar-refractivity contribution is 5.22. The van der Waals surface area contributed by atoms with Crippen molar-refractivity contribution in [3.8, 4) is 0 Å². The minimum Gasteiger partial charge on any atom is -0.361 e. The molecule has 0 spiro atoms. The zero-order valence-electron chi connectivity index (χ0n) is 5.03. The van der Waals surface area contributed by atoms with Crippen LogP contribution in [0, 0.1) is 0 Å². The zero-order valence-corrected chi connectivity index (χ0v) is 5.03. The van der Waals surface area contributed by atoms with Gasteiger partial charge in [0.25, 0.3) is 0 Å². The standard InChI is InChI=1S/C8H8O/c1-2-4-6-8-7(9-8)5-3-1/h1-8H/b2-1-,5-3-,6-4-/t7-,8+. The van der Waals surface area contributed by atoms with Crippen LogP contribution in [0.3, 0.4) is 0 Å².